The van der Waals surface area contributed by atoms with E-state index in [1.54, 1.807) is 17.2 Å². The van der Waals surface area contributed by atoms with Gasteiger partial charge in [-0.05, 0) is 24.3 Å². The molecule has 4 aromatic rings. The highest BCUT2D eigenvalue weighted by Gasteiger charge is 2.13. The zero-order valence-electron chi connectivity index (χ0n) is 15.1. The summed E-state index contributed by atoms with van der Waals surface area (Å²) in [6, 6.07) is 13.8. The minimum absolute atomic E-state index is 0.717. The molecule has 0 bridgehead atoms. The van der Waals surface area contributed by atoms with Crippen LogP contribution in [0.3, 0.4) is 0 Å². The van der Waals surface area contributed by atoms with Gasteiger partial charge in [-0.15, -0.1) is 10.2 Å². The first-order valence-electron chi connectivity index (χ1n) is 9.04. The third-order valence-corrected chi connectivity index (χ3v) is 4.58. The van der Waals surface area contributed by atoms with Crippen molar-refractivity contribution in [2.45, 2.75) is 0 Å². The molecule has 1 aromatic carbocycles. The van der Waals surface area contributed by atoms with Crippen molar-refractivity contribution < 1.29 is 4.74 Å². The summed E-state index contributed by atoms with van der Waals surface area (Å²) < 4.78 is 7.07. The molecule has 0 radical (unpaired) electrons. The lowest BCUT2D eigenvalue weighted by molar-refractivity contribution is 0.122. The molecular formula is C19H18N8O. The number of morpholine rings is 1. The average molecular weight is 374 g/mol. The van der Waals surface area contributed by atoms with Crippen LogP contribution in [0.15, 0.2) is 55.1 Å². The molecule has 4 heterocycles. The summed E-state index contributed by atoms with van der Waals surface area (Å²) in [5.74, 6) is 1.65. The van der Waals surface area contributed by atoms with Gasteiger partial charge in [-0.2, -0.15) is 9.61 Å². The van der Waals surface area contributed by atoms with Gasteiger partial charge in [-0.25, -0.2) is 9.97 Å². The van der Waals surface area contributed by atoms with E-state index in [2.05, 4.69) is 35.5 Å². The van der Waals surface area contributed by atoms with Crippen molar-refractivity contribution in [1.82, 2.24) is 29.8 Å². The van der Waals surface area contributed by atoms with Gasteiger partial charge in [0.25, 0.3) is 0 Å². The van der Waals surface area contributed by atoms with E-state index in [9.17, 15) is 0 Å². The van der Waals surface area contributed by atoms with E-state index < -0.39 is 0 Å². The highest BCUT2D eigenvalue weighted by molar-refractivity contribution is 5.68. The second kappa shape index (κ2) is 7.20. The molecule has 5 rings (SSSR count). The number of benzene rings is 1. The Balaban J connectivity index is 1.39. The fraction of sp³-hybridized carbons (Fsp3) is 0.211. The van der Waals surface area contributed by atoms with E-state index in [1.807, 2.05) is 42.5 Å². The van der Waals surface area contributed by atoms with E-state index in [1.165, 1.54) is 0 Å². The molecule has 0 amide bonds. The molecule has 0 saturated carbocycles. The van der Waals surface area contributed by atoms with Gasteiger partial charge >= 0.3 is 0 Å². The summed E-state index contributed by atoms with van der Waals surface area (Å²) in [4.78, 5) is 10.9. The molecule has 1 fully saturated rings. The smallest absolute Gasteiger partial charge is 0.177 e. The second-order valence-corrected chi connectivity index (χ2v) is 6.42. The fourth-order valence-corrected chi connectivity index (χ4v) is 3.17. The fourth-order valence-electron chi connectivity index (χ4n) is 3.17. The number of rotatable bonds is 4. The molecule has 0 aliphatic carbocycles. The Morgan fingerprint density at radius 2 is 1.93 bits per heavy atom. The van der Waals surface area contributed by atoms with Gasteiger partial charge in [0.05, 0.1) is 18.9 Å². The number of hydrogen-bond acceptors (Lipinski definition) is 8. The molecule has 28 heavy (non-hydrogen) atoms. The maximum absolute atomic E-state index is 5.41. The average Bonchev–Trinajstić information content (AvgIpc) is 3.23. The lowest BCUT2D eigenvalue weighted by atomic mass is 10.1. The highest BCUT2D eigenvalue weighted by Crippen LogP contribution is 2.24. The summed E-state index contributed by atoms with van der Waals surface area (Å²) >= 11 is 0. The molecular weight excluding hydrogens is 356 g/mol. The maximum Gasteiger partial charge on any atom is 0.177 e. The molecule has 9 nitrogen and oxygen atoms in total. The van der Waals surface area contributed by atoms with E-state index in [-0.39, 0.29) is 0 Å². The Labute approximate surface area is 161 Å². The molecule has 1 aliphatic heterocycles. The monoisotopic (exact) mass is 374 g/mol. The van der Waals surface area contributed by atoms with Crippen molar-refractivity contribution >= 4 is 23.0 Å². The molecule has 3 aromatic heterocycles. The van der Waals surface area contributed by atoms with Crippen LogP contribution in [0.2, 0.25) is 0 Å². The molecule has 140 valence electrons. The van der Waals surface area contributed by atoms with E-state index in [0.717, 1.165) is 60.5 Å². The standard InChI is InChI=1S/C19H18N8O/c1-2-14(16-4-5-18-24-22-13-27(18)25-16)10-15(3-1)23-17-11-19(21-12-20-17)26-6-8-28-9-7-26/h1-5,10-13H,6-9H2,(H,20,21,23). The van der Waals surface area contributed by atoms with Gasteiger partial charge in [0.1, 0.15) is 24.3 Å². The summed E-state index contributed by atoms with van der Waals surface area (Å²) in [6.07, 6.45) is 3.17. The van der Waals surface area contributed by atoms with Crippen molar-refractivity contribution in [2.75, 3.05) is 36.5 Å². The number of hydrogen-bond donors (Lipinski definition) is 1. The van der Waals surface area contributed by atoms with Crippen LogP contribution in [0.5, 0.6) is 0 Å². The highest BCUT2D eigenvalue weighted by atomic mass is 16.5. The number of anilines is 3. The Bertz CT molecular complexity index is 1110. The van der Waals surface area contributed by atoms with E-state index in [0.29, 0.717) is 0 Å². The molecule has 0 atom stereocenters. The topological polar surface area (TPSA) is 93.4 Å². The summed E-state index contributed by atoms with van der Waals surface area (Å²) in [5.41, 5.74) is 3.47. The van der Waals surface area contributed by atoms with Crippen LogP contribution in [0.4, 0.5) is 17.3 Å². The number of aromatic nitrogens is 6. The van der Waals surface area contributed by atoms with Gasteiger partial charge in [-0.1, -0.05) is 12.1 Å². The predicted molar refractivity (Wildman–Crippen MR) is 105 cm³/mol. The zero-order chi connectivity index (χ0) is 18.8. The van der Waals surface area contributed by atoms with Crippen LogP contribution in [-0.2, 0) is 4.74 Å². The van der Waals surface area contributed by atoms with Crippen LogP contribution >= 0.6 is 0 Å². The zero-order valence-corrected chi connectivity index (χ0v) is 15.1. The Morgan fingerprint density at radius 3 is 2.86 bits per heavy atom. The number of nitrogens with one attached hydrogen (secondary N) is 1. The van der Waals surface area contributed by atoms with Crippen LogP contribution in [0.25, 0.3) is 16.9 Å². The van der Waals surface area contributed by atoms with Crippen molar-refractivity contribution in [1.29, 1.82) is 0 Å². The van der Waals surface area contributed by atoms with Gasteiger partial charge < -0.3 is 15.0 Å². The Morgan fingerprint density at radius 1 is 1.00 bits per heavy atom. The van der Waals surface area contributed by atoms with Gasteiger partial charge in [0.2, 0.25) is 0 Å². The third kappa shape index (κ3) is 3.35. The first-order chi connectivity index (χ1) is 13.8. The van der Waals surface area contributed by atoms with Crippen molar-refractivity contribution in [3.8, 4) is 11.3 Å². The summed E-state index contributed by atoms with van der Waals surface area (Å²) in [5, 5.41) is 15.8. The van der Waals surface area contributed by atoms with Crippen LogP contribution < -0.4 is 10.2 Å². The molecule has 1 saturated heterocycles. The molecule has 9 heteroatoms. The second-order valence-electron chi connectivity index (χ2n) is 6.42. The normalized spacial score (nSPS) is 14.4. The number of ether oxygens (including phenoxy) is 1. The number of nitrogens with zero attached hydrogens (tertiary/aromatic N) is 7. The first kappa shape index (κ1) is 16.6. The summed E-state index contributed by atoms with van der Waals surface area (Å²) in [6.45, 7) is 3.11. The van der Waals surface area contributed by atoms with Gasteiger partial charge in [-0.3, -0.25) is 0 Å². The lowest BCUT2D eigenvalue weighted by Gasteiger charge is -2.27. The first-order valence-corrected chi connectivity index (χ1v) is 9.04. The van der Waals surface area contributed by atoms with Crippen LogP contribution in [-0.4, -0.2) is 56.1 Å². The minimum Gasteiger partial charge on any atom is -0.378 e. The predicted octanol–water partition coefficient (Wildman–Crippen LogP) is 2.16. The minimum atomic E-state index is 0.717. The Kier molecular flexibility index (Phi) is 4.26. The largest absolute Gasteiger partial charge is 0.378 e. The SMILES string of the molecule is c1cc(Nc2cc(N3CCOCC3)ncn2)cc(-c2ccc3nncn3n2)c1. The Hall–Kier alpha value is -3.59. The van der Waals surface area contributed by atoms with E-state index in [4.69, 9.17) is 4.74 Å². The van der Waals surface area contributed by atoms with Gasteiger partial charge in [0, 0.05) is 30.4 Å². The lowest BCUT2D eigenvalue weighted by Crippen LogP contribution is -2.36. The van der Waals surface area contributed by atoms with Crippen molar-refractivity contribution in [3.05, 3.63) is 55.1 Å². The maximum atomic E-state index is 5.41. The van der Waals surface area contributed by atoms with Crippen molar-refractivity contribution in [2.24, 2.45) is 0 Å². The van der Waals surface area contributed by atoms with Crippen LogP contribution in [0.1, 0.15) is 0 Å². The summed E-state index contributed by atoms with van der Waals surface area (Å²) in [7, 11) is 0. The molecule has 1 aliphatic rings. The molecule has 0 spiro atoms. The molecule has 1 N–H and O–H groups in total. The number of fused-ring (bicyclic) bond motifs is 1. The van der Waals surface area contributed by atoms with Gasteiger partial charge in [0.15, 0.2) is 5.65 Å². The molecule has 0 unspecified atom stereocenters. The van der Waals surface area contributed by atoms with Crippen molar-refractivity contribution in [3.63, 3.8) is 0 Å². The third-order valence-electron chi connectivity index (χ3n) is 4.58. The quantitative estimate of drug-likeness (QED) is 0.581. The van der Waals surface area contributed by atoms with Crippen LogP contribution in [0, 0.1) is 0 Å². The van der Waals surface area contributed by atoms with E-state index >= 15 is 0 Å².